The highest BCUT2D eigenvalue weighted by atomic mass is 16.2. The fraction of sp³-hybridized carbons (Fsp3) is 0.750. The Hall–Kier alpha value is -0.860. The van der Waals surface area contributed by atoms with Crippen LogP contribution in [0.2, 0.25) is 0 Å². The van der Waals surface area contributed by atoms with E-state index in [4.69, 9.17) is 5.41 Å². The lowest BCUT2D eigenvalue weighted by atomic mass is 10.4. The lowest BCUT2D eigenvalue weighted by molar-refractivity contribution is -0.122. The first-order valence-electron chi connectivity index (χ1n) is 4.14. The molecule has 0 spiro atoms. The van der Waals surface area contributed by atoms with Gasteiger partial charge in [0.15, 0.2) is 0 Å². The molecule has 0 atom stereocenters. The van der Waals surface area contributed by atoms with Crippen molar-refractivity contribution in [2.75, 3.05) is 13.1 Å². The van der Waals surface area contributed by atoms with Gasteiger partial charge in [0.25, 0.3) is 5.91 Å². The summed E-state index contributed by atoms with van der Waals surface area (Å²) in [6.07, 6.45) is 3.07. The zero-order valence-electron chi connectivity index (χ0n) is 7.26. The summed E-state index contributed by atoms with van der Waals surface area (Å²) in [6.45, 7) is 5.68. The average Bonchev–Trinajstić information content (AvgIpc) is 2.59. The third-order valence-corrected chi connectivity index (χ3v) is 1.54. The number of amides is 1. The first-order valence-corrected chi connectivity index (χ1v) is 4.14. The minimum Gasteiger partial charge on any atom is -0.338 e. The van der Waals surface area contributed by atoms with Crippen LogP contribution in [0.3, 0.4) is 0 Å². The van der Waals surface area contributed by atoms with Gasteiger partial charge in [-0.2, -0.15) is 0 Å². The van der Waals surface area contributed by atoms with Crippen molar-refractivity contribution in [1.82, 2.24) is 4.90 Å². The summed E-state index contributed by atoms with van der Waals surface area (Å²) in [5, 5.41) is 6.66. The second-order valence-corrected chi connectivity index (χ2v) is 2.18. The van der Waals surface area contributed by atoms with Gasteiger partial charge in [-0.15, -0.1) is 0 Å². The minimum absolute atomic E-state index is 0.146. The van der Waals surface area contributed by atoms with Crippen molar-refractivity contribution in [3.63, 3.8) is 0 Å². The molecule has 1 aliphatic heterocycles. The van der Waals surface area contributed by atoms with E-state index >= 15 is 0 Å². The molecule has 0 aliphatic carbocycles. The Balaban J connectivity index is 0.000000461. The van der Waals surface area contributed by atoms with Gasteiger partial charge in [-0.05, 0) is 12.8 Å². The van der Waals surface area contributed by atoms with Crippen molar-refractivity contribution >= 4 is 12.1 Å². The first kappa shape index (κ1) is 10.1. The molecular weight excluding hydrogens is 140 g/mol. The molecule has 1 aliphatic rings. The second-order valence-electron chi connectivity index (χ2n) is 2.18. The van der Waals surface area contributed by atoms with Crippen LogP contribution in [0.5, 0.6) is 0 Å². The van der Waals surface area contributed by atoms with E-state index in [1.807, 2.05) is 13.8 Å². The van der Waals surface area contributed by atoms with Crippen LogP contribution < -0.4 is 0 Å². The Bertz CT molecular complexity index is 128. The molecule has 1 fully saturated rings. The number of likely N-dealkylation sites (tertiary alicyclic amines) is 1. The third kappa shape index (κ3) is 3.16. The zero-order valence-corrected chi connectivity index (χ0v) is 7.26. The van der Waals surface area contributed by atoms with Gasteiger partial charge in [0, 0.05) is 13.1 Å². The molecule has 1 saturated heterocycles. The number of nitrogens with zero attached hydrogens (tertiary/aromatic N) is 1. The van der Waals surface area contributed by atoms with Crippen molar-refractivity contribution < 1.29 is 4.79 Å². The number of nitrogens with one attached hydrogen (secondary N) is 1. The van der Waals surface area contributed by atoms with E-state index in [9.17, 15) is 4.79 Å². The summed E-state index contributed by atoms with van der Waals surface area (Å²) in [6, 6.07) is 0. The summed E-state index contributed by atoms with van der Waals surface area (Å²) < 4.78 is 0. The summed E-state index contributed by atoms with van der Waals surface area (Å²) in [7, 11) is 0. The molecule has 1 heterocycles. The van der Waals surface area contributed by atoms with Crippen molar-refractivity contribution in [1.29, 1.82) is 5.41 Å². The van der Waals surface area contributed by atoms with Gasteiger partial charge in [0.05, 0.1) is 6.21 Å². The molecule has 64 valence electrons. The maximum atomic E-state index is 10.7. The Morgan fingerprint density at radius 1 is 1.36 bits per heavy atom. The zero-order chi connectivity index (χ0) is 8.69. The van der Waals surface area contributed by atoms with Crippen LogP contribution in [0.4, 0.5) is 0 Å². The molecular formula is C8H16N2O. The molecule has 3 heteroatoms. The number of hydrogen-bond donors (Lipinski definition) is 1. The van der Waals surface area contributed by atoms with E-state index < -0.39 is 0 Å². The monoisotopic (exact) mass is 156 g/mol. The lowest BCUT2D eigenvalue weighted by Gasteiger charge is -2.09. The van der Waals surface area contributed by atoms with Crippen molar-refractivity contribution in [3.8, 4) is 0 Å². The highest BCUT2D eigenvalue weighted by molar-refractivity contribution is 6.24. The van der Waals surface area contributed by atoms with Gasteiger partial charge in [-0.25, -0.2) is 0 Å². The van der Waals surface area contributed by atoms with E-state index in [0.29, 0.717) is 0 Å². The van der Waals surface area contributed by atoms with E-state index in [-0.39, 0.29) is 5.91 Å². The maximum absolute atomic E-state index is 10.7. The standard InChI is InChI=1S/C6H10N2O.C2H6/c7-5-6(9)8-3-1-2-4-8;1-2/h5,7H,1-4H2;1-2H3. The van der Waals surface area contributed by atoms with Gasteiger partial charge >= 0.3 is 0 Å². The van der Waals surface area contributed by atoms with Gasteiger partial charge in [-0.1, -0.05) is 13.8 Å². The summed E-state index contributed by atoms with van der Waals surface area (Å²) in [4.78, 5) is 12.4. The van der Waals surface area contributed by atoms with Crippen molar-refractivity contribution in [3.05, 3.63) is 0 Å². The SMILES string of the molecule is CC.N=CC(=O)N1CCCC1. The lowest BCUT2D eigenvalue weighted by Crippen LogP contribution is -2.27. The Morgan fingerprint density at radius 2 is 1.82 bits per heavy atom. The summed E-state index contributed by atoms with van der Waals surface area (Å²) in [5.41, 5.74) is 0. The van der Waals surface area contributed by atoms with Crippen molar-refractivity contribution in [2.45, 2.75) is 26.7 Å². The molecule has 1 N–H and O–H groups in total. The third-order valence-electron chi connectivity index (χ3n) is 1.54. The van der Waals surface area contributed by atoms with Crippen LogP contribution in [-0.2, 0) is 4.79 Å². The summed E-state index contributed by atoms with van der Waals surface area (Å²) >= 11 is 0. The highest BCUT2D eigenvalue weighted by Gasteiger charge is 2.14. The topological polar surface area (TPSA) is 44.2 Å². The van der Waals surface area contributed by atoms with Crippen LogP contribution in [0, 0.1) is 5.41 Å². The van der Waals surface area contributed by atoms with Crippen LogP contribution >= 0.6 is 0 Å². The smallest absolute Gasteiger partial charge is 0.264 e. The second kappa shape index (κ2) is 5.89. The number of hydrogen-bond acceptors (Lipinski definition) is 2. The molecule has 0 aromatic rings. The van der Waals surface area contributed by atoms with Crippen LogP contribution in [-0.4, -0.2) is 30.1 Å². The van der Waals surface area contributed by atoms with Gasteiger partial charge in [0.1, 0.15) is 0 Å². The molecule has 0 unspecified atom stereocenters. The van der Waals surface area contributed by atoms with E-state index in [1.54, 1.807) is 4.90 Å². The predicted octanol–water partition coefficient (Wildman–Crippen LogP) is 1.28. The van der Waals surface area contributed by atoms with Crippen LogP contribution in [0.15, 0.2) is 0 Å². The fourth-order valence-corrected chi connectivity index (χ4v) is 1.03. The van der Waals surface area contributed by atoms with Gasteiger partial charge in [0.2, 0.25) is 0 Å². The number of carbonyl (C=O) groups excluding carboxylic acids is 1. The molecule has 0 aromatic carbocycles. The van der Waals surface area contributed by atoms with Crippen molar-refractivity contribution in [2.24, 2.45) is 0 Å². The molecule has 1 amide bonds. The van der Waals surface area contributed by atoms with Gasteiger partial charge < -0.3 is 10.3 Å². The molecule has 0 saturated carbocycles. The highest BCUT2D eigenvalue weighted by Crippen LogP contribution is 2.05. The molecule has 1 rings (SSSR count). The largest absolute Gasteiger partial charge is 0.338 e. The average molecular weight is 156 g/mol. The number of rotatable bonds is 1. The first-order chi connectivity index (χ1) is 5.34. The van der Waals surface area contributed by atoms with Crippen LogP contribution in [0.25, 0.3) is 0 Å². The molecule has 0 radical (unpaired) electrons. The predicted molar refractivity (Wildman–Crippen MR) is 45.9 cm³/mol. The Morgan fingerprint density at radius 3 is 2.18 bits per heavy atom. The normalized spacial score (nSPS) is 15.3. The quantitative estimate of drug-likeness (QED) is 0.571. The number of carbonyl (C=O) groups is 1. The maximum Gasteiger partial charge on any atom is 0.264 e. The molecule has 0 bridgehead atoms. The summed E-state index contributed by atoms with van der Waals surface area (Å²) in [5.74, 6) is -0.146. The molecule has 0 aromatic heterocycles. The van der Waals surface area contributed by atoms with E-state index in [1.165, 1.54) is 0 Å². The van der Waals surface area contributed by atoms with Gasteiger partial charge in [-0.3, -0.25) is 4.79 Å². The fourth-order valence-electron chi connectivity index (χ4n) is 1.03. The van der Waals surface area contributed by atoms with E-state index in [2.05, 4.69) is 0 Å². The Kier molecular flexibility index (Phi) is 5.43. The molecule has 3 nitrogen and oxygen atoms in total. The van der Waals surface area contributed by atoms with Crippen LogP contribution in [0.1, 0.15) is 26.7 Å². The minimum atomic E-state index is -0.146. The Labute approximate surface area is 67.9 Å². The molecule has 11 heavy (non-hydrogen) atoms. The van der Waals surface area contributed by atoms with E-state index in [0.717, 1.165) is 32.1 Å².